The molecule has 1 nitrogen and oxygen atoms in total. The molecule has 3 heteroatoms. The van der Waals surface area contributed by atoms with Gasteiger partial charge >= 0.3 is 0 Å². The van der Waals surface area contributed by atoms with Crippen molar-refractivity contribution >= 4 is 15.9 Å². The lowest BCUT2D eigenvalue weighted by Crippen LogP contribution is -2.16. The SMILES string of the molecule is CCC(CC)CC(N)c1cc(Br)ccc1F. The van der Waals surface area contributed by atoms with Crippen molar-refractivity contribution in [3.05, 3.63) is 34.1 Å². The zero-order valence-electron chi connectivity index (χ0n) is 9.84. The molecule has 90 valence electrons. The zero-order valence-corrected chi connectivity index (χ0v) is 11.4. The highest BCUT2D eigenvalue weighted by Crippen LogP contribution is 2.27. The average molecular weight is 288 g/mol. The number of benzene rings is 1. The van der Waals surface area contributed by atoms with E-state index in [0.717, 1.165) is 23.7 Å². The van der Waals surface area contributed by atoms with Gasteiger partial charge < -0.3 is 5.73 Å². The Balaban J connectivity index is 2.79. The Morgan fingerprint density at radius 1 is 1.31 bits per heavy atom. The van der Waals surface area contributed by atoms with Gasteiger partial charge in [-0.3, -0.25) is 0 Å². The van der Waals surface area contributed by atoms with Gasteiger partial charge in [0, 0.05) is 16.1 Å². The number of rotatable bonds is 5. The van der Waals surface area contributed by atoms with Gasteiger partial charge in [0.05, 0.1) is 0 Å². The Bertz CT molecular complexity index is 337. The van der Waals surface area contributed by atoms with Gasteiger partial charge in [0.1, 0.15) is 5.82 Å². The van der Waals surface area contributed by atoms with Crippen LogP contribution in [0, 0.1) is 11.7 Å². The van der Waals surface area contributed by atoms with Crippen molar-refractivity contribution in [1.82, 2.24) is 0 Å². The highest BCUT2D eigenvalue weighted by Gasteiger charge is 2.15. The van der Waals surface area contributed by atoms with E-state index in [2.05, 4.69) is 29.8 Å². The Hall–Kier alpha value is -0.410. The number of hydrogen-bond donors (Lipinski definition) is 1. The Kier molecular flexibility index (Phi) is 5.42. The predicted molar refractivity (Wildman–Crippen MR) is 69.7 cm³/mol. The van der Waals surface area contributed by atoms with E-state index in [9.17, 15) is 4.39 Å². The number of halogens is 2. The second kappa shape index (κ2) is 6.36. The van der Waals surface area contributed by atoms with Gasteiger partial charge in [-0.1, -0.05) is 42.6 Å². The molecule has 0 fully saturated rings. The van der Waals surface area contributed by atoms with Gasteiger partial charge in [-0.05, 0) is 30.5 Å². The summed E-state index contributed by atoms with van der Waals surface area (Å²) in [4.78, 5) is 0. The highest BCUT2D eigenvalue weighted by atomic mass is 79.9. The molecule has 1 atom stereocenters. The van der Waals surface area contributed by atoms with Crippen molar-refractivity contribution < 1.29 is 4.39 Å². The van der Waals surface area contributed by atoms with Crippen LogP contribution in [0.4, 0.5) is 4.39 Å². The normalized spacial score (nSPS) is 13.1. The van der Waals surface area contributed by atoms with Gasteiger partial charge in [0.15, 0.2) is 0 Å². The first-order chi connectivity index (χ1) is 7.58. The molecule has 1 rings (SSSR count). The van der Waals surface area contributed by atoms with Crippen LogP contribution in [0.3, 0.4) is 0 Å². The topological polar surface area (TPSA) is 26.0 Å². The first kappa shape index (κ1) is 13.7. The monoisotopic (exact) mass is 287 g/mol. The minimum absolute atomic E-state index is 0.206. The molecule has 0 radical (unpaired) electrons. The highest BCUT2D eigenvalue weighted by molar-refractivity contribution is 9.10. The molecule has 0 aliphatic carbocycles. The molecule has 0 bridgehead atoms. The summed E-state index contributed by atoms with van der Waals surface area (Å²) >= 11 is 3.34. The van der Waals surface area contributed by atoms with Gasteiger partial charge in [0.2, 0.25) is 0 Å². The van der Waals surface area contributed by atoms with E-state index in [4.69, 9.17) is 5.73 Å². The molecule has 1 aromatic rings. The van der Waals surface area contributed by atoms with Crippen LogP contribution >= 0.6 is 15.9 Å². The fourth-order valence-corrected chi connectivity index (χ4v) is 2.29. The van der Waals surface area contributed by atoms with Crippen LogP contribution in [0.15, 0.2) is 22.7 Å². The summed E-state index contributed by atoms with van der Waals surface area (Å²) in [6.07, 6.45) is 3.04. The summed E-state index contributed by atoms with van der Waals surface area (Å²) in [5, 5.41) is 0. The van der Waals surface area contributed by atoms with E-state index in [1.165, 1.54) is 6.07 Å². The lowest BCUT2D eigenvalue weighted by Gasteiger charge is -2.19. The third-order valence-electron chi connectivity index (χ3n) is 3.10. The third-order valence-corrected chi connectivity index (χ3v) is 3.59. The molecule has 0 heterocycles. The molecule has 16 heavy (non-hydrogen) atoms. The smallest absolute Gasteiger partial charge is 0.128 e. The van der Waals surface area contributed by atoms with E-state index in [-0.39, 0.29) is 11.9 Å². The van der Waals surface area contributed by atoms with Crippen molar-refractivity contribution in [3.63, 3.8) is 0 Å². The maximum atomic E-state index is 13.6. The van der Waals surface area contributed by atoms with Crippen molar-refractivity contribution in [2.75, 3.05) is 0 Å². The van der Waals surface area contributed by atoms with E-state index in [1.807, 2.05) is 0 Å². The van der Waals surface area contributed by atoms with Crippen LogP contribution in [0.1, 0.15) is 44.7 Å². The second-order valence-electron chi connectivity index (χ2n) is 4.19. The Morgan fingerprint density at radius 2 is 1.94 bits per heavy atom. The van der Waals surface area contributed by atoms with Gasteiger partial charge in [-0.15, -0.1) is 0 Å². The van der Waals surface area contributed by atoms with Crippen molar-refractivity contribution in [2.24, 2.45) is 11.7 Å². The van der Waals surface area contributed by atoms with Gasteiger partial charge in [0.25, 0.3) is 0 Å². The predicted octanol–water partition coefficient (Wildman–Crippen LogP) is 4.41. The van der Waals surface area contributed by atoms with E-state index in [1.54, 1.807) is 12.1 Å². The van der Waals surface area contributed by atoms with Crippen LogP contribution < -0.4 is 5.73 Å². The van der Waals surface area contributed by atoms with Crippen molar-refractivity contribution in [2.45, 2.75) is 39.2 Å². The first-order valence-corrected chi connectivity index (χ1v) is 6.58. The molecular weight excluding hydrogens is 269 g/mol. The summed E-state index contributed by atoms with van der Waals surface area (Å²) in [5.74, 6) is 0.370. The third kappa shape index (κ3) is 3.56. The second-order valence-corrected chi connectivity index (χ2v) is 5.11. The first-order valence-electron chi connectivity index (χ1n) is 5.79. The lowest BCUT2D eigenvalue weighted by molar-refractivity contribution is 0.407. The van der Waals surface area contributed by atoms with Gasteiger partial charge in [-0.25, -0.2) is 4.39 Å². The van der Waals surface area contributed by atoms with Crippen LogP contribution in [0.25, 0.3) is 0 Å². The van der Waals surface area contributed by atoms with E-state index >= 15 is 0 Å². The summed E-state index contributed by atoms with van der Waals surface area (Å²) in [6.45, 7) is 4.30. The van der Waals surface area contributed by atoms with Crippen LogP contribution in [-0.2, 0) is 0 Å². The maximum Gasteiger partial charge on any atom is 0.128 e. The lowest BCUT2D eigenvalue weighted by atomic mass is 9.91. The fourth-order valence-electron chi connectivity index (χ4n) is 1.91. The Labute approximate surface area is 105 Å². The zero-order chi connectivity index (χ0) is 12.1. The minimum atomic E-state index is -0.207. The van der Waals surface area contributed by atoms with Crippen LogP contribution in [0.5, 0.6) is 0 Å². The standard InChI is InChI=1S/C13H19BrFN/c1-3-9(4-2)7-13(16)11-8-10(14)5-6-12(11)15/h5-6,8-9,13H,3-4,7,16H2,1-2H3. The minimum Gasteiger partial charge on any atom is -0.324 e. The fraction of sp³-hybridized carbons (Fsp3) is 0.538. The molecule has 2 N–H and O–H groups in total. The Morgan fingerprint density at radius 3 is 2.50 bits per heavy atom. The summed E-state index contributed by atoms with van der Waals surface area (Å²) in [7, 11) is 0. The summed E-state index contributed by atoms with van der Waals surface area (Å²) < 4.78 is 14.5. The molecule has 0 saturated carbocycles. The van der Waals surface area contributed by atoms with Gasteiger partial charge in [-0.2, -0.15) is 0 Å². The molecule has 0 amide bonds. The molecule has 0 aliphatic rings. The largest absolute Gasteiger partial charge is 0.324 e. The molecular formula is C13H19BrFN. The van der Waals surface area contributed by atoms with Crippen LogP contribution in [-0.4, -0.2) is 0 Å². The van der Waals surface area contributed by atoms with E-state index < -0.39 is 0 Å². The van der Waals surface area contributed by atoms with E-state index in [0.29, 0.717) is 11.5 Å². The average Bonchev–Trinajstić information content (AvgIpc) is 2.28. The van der Waals surface area contributed by atoms with Crippen molar-refractivity contribution in [3.8, 4) is 0 Å². The molecule has 0 aromatic heterocycles. The molecule has 1 unspecified atom stereocenters. The quantitative estimate of drug-likeness (QED) is 0.853. The molecule has 0 spiro atoms. The maximum absolute atomic E-state index is 13.6. The molecule has 1 aromatic carbocycles. The molecule has 0 aliphatic heterocycles. The number of hydrogen-bond acceptors (Lipinski definition) is 1. The summed E-state index contributed by atoms with van der Waals surface area (Å²) in [6, 6.07) is 4.74. The van der Waals surface area contributed by atoms with Crippen molar-refractivity contribution in [1.29, 1.82) is 0 Å². The molecule has 0 saturated heterocycles. The summed E-state index contributed by atoms with van der Waals surface area (Å²) in [5.41, 5.74) is 6.67. The number of nitrogens with two attached hydrogens (primary N) is 1. The van der Waals surface area contributed by atoms with Crippen LogP contribution in [0.2, 0.25) is 0 Å².